The van der Waals surface area contributed by atoms with E-state index in [1.807, 2.05) is 18.2 Å². The van der Waals surface area contributed by atoms with Gasteiger partial charge in [-0.25, -0.2) is 0 Å². The highest BCUT2D eigenvalue weighted by Gasteiger charge is 1.99. The van der Waals surface area contributed by atoms with E-state index in [1.165, 1.54) is 16.8 Å². The molecule has 0 bridgehead atoms. The molecule has 0 amide bonds. The molecule has 0 spiro atoms. The quantitative estimate of drug-likeness (QED) is 0.671. The molecule has 3 heteroatoms. The molecule has 0 saturated heterocycles. The molecular weight excluding hydrogens is 289 g/mol. The van der Waals surface area contributed by atoms with Crippen molar-refractivity contribution in [3.8, 4) is 0 Å². The molecule has 106 valence electrons. The van der Waals surface area contributed by atoms with Crippen LogP contribution in [0.25, 0.3) is 0 Å². The molecule has 0 atom stereocenters. The van der Waals surface area contributed by atoms with Crippen molar-refractivity contribution in [1.29, 1.82) is 0 Å². The minimum absolute atomic E-state index is 0.622. The molecule has 0 aliphatic carbocycles. The lowest BCUT2D eigenvalue weighted by atomic mass is 10.1. The van der Waals surface area contributed by atoms with Crippen LogP contribution in [0.4, 0.5) is 5.69 Å². The number of hydrogen-bond donors (Lipinski definition) is 1. The number of aryl methyl sites for hydroxylation is 2. The third-order valence-electron chi connectivity index (χ3n) is 3.26. The second-order valence-electron chi connectivity index (χ2n) is 5.00. The van der Waals surface area contributed by atoms with E-state index in [9.17, 15) is 0 Å². The fourth-order valence-corrected chi connectivity index (χ4v) is 2.37. The number of benzene rings is 2. The van der Waals surface area contributed by atoms with E-state index in [0.29, 0.717) is 10.0 Å². The second-order valence-corrected chi connectivity index (χ2v) is 5.81. The van der Waals surface area contributed by atoms with Gasteiger partial charge in [-0.05, 0) is 56.0 Å². The maximum Gasteiger partial charge on any atom is 0.0595 e. The molecule has 2 rings (SSSR count). The van der Waals surface area contributed by atoms with Crippen molar-refractivity contribution in [2.24, 2.45) is 0 Å². The summed E-state index contributed by atoms with van der Waals surface area (Å²) in [5.41, 5.74) is 3.72. The van der Waals surface area contributed by atoms with Gasteiger partial charge >= 0.3 is 0 Å². The van der Waals surface area contributed by atoms with Gasteiger partial charge in [0.25, 0.3) is 0 Å². The first kappa shape index (κ1) is 15.2. The Morgan fingerprint density at radius 2 is 1.65 bits per heavy atom. The van der Waals surface area contributed by atoms with E-state index >= 15 is 0 Å². The van der Waals surface area contributed by atoms with E-state index in [1.54, 1.807) is 0 Å². The molecule has 0 radical (unpaired) electrons. The number of rotatable bonds is 6. The Hall–Kier alpha value is -1.18. The highest BCUT2D eigenvalue weighted by Crippen LogP contribution is 2.23. The van der Waals surface area contributed by atoms with Gasteiger partial charge in [0.15, 0.2) is 0 Å². The first-order valence-electron chi connectivity index (χ1n) is 6.89. The summed E-state index contributed by atoms with van der Waals surface area (Å²) in [6, 6.07) is 14.3. The highest BCUT2D eigenvalue weighted by molar-refractivity contribution is 6.42. The molecule has 0 aliphatic heterocycles. The second kappa shape index (κ2) is 7.56. The Kier molecular flexibility index (Phi) is 5.75. The molecule has 2 aromatic carbocycles. The van der Waals surface area contributed by atoms with Gasteiger partial charge in [-0.2, -0.15) is 0 Å². The fraction of sp³-hybridized carbons (Fsp3) is 0.294. The highest BCUT2D eigenvalue weighted by atomic mass is 35.5. The predicted molar refractivity (Wildman–Crippen MR) is 89.1 cm³/mol. The number of nitrogens with one attached hydrogen (secondary N) is 1. The summed E-state index contributed by atoms with van der Waals surface area (Å²) in [5, 5.41) is 4.69. The van der Waals surface area contributed by atoms with E-state index in [0.717, 1.165) is 25.8 Å². The first-order valence-corrected chi connectivity index (χ1v) is 7.65. The van der Waals surface area contributed by atoms with Gasteiger partial charge in [0.2, 0.25) is 0 Å². The van der Waals surface area contributed by atoms with Crippen molar-refractivity contribution in [3.63, 3.8) is 0 Å². The molecule has 0 unspecified atom stereocenters. The molecule has 2 aromatic rings. The molecule has 0 aliphatic rings. The first-order chi connectivity index (χ1) is 9.65. The molecule has 1 N–H and O–H groups in total. The summed E-state index contributed by atoms with van der Waals surface area (Å²) in [6.07, 6.45) is 3.30. The van der Waals surface area contributed by atoms with Gasteiger partial charge in [0, 0.05) is 12.2 Å². The Morgan fingerprint density at radius 1 is 0.900 bits per heavy atom. The van der Waals surface area contributed by atoms with Crippen molar-refractivity contribution < 1.29 is 0 Å². The zero-order valence-electron chi connectivity index (χ0n) is 11.6. The summed E-state index contributed by atoms with van der Waals surface area (Å²) >= 11 is 11.9. The van der Waals surface area contributed by atoms with Crippen molar-refractivity contribution in [2.75, 3.05) is 11.9 Å². The summed E-state index contributed by atoms with van der Waals surface area (Å²) in [4.78, 5) is 0. The Bertz CT molecular complexity index is 549. The lowest BCUT2D eigenvalue weighted by Gasteiger charge is -2.07. The molecule has 20 heavy (non-hydrogen) atoms. The monoisotopic (exact) mass is 307 g/mol. The van der Waals surface area contributed by atoms with Crippen LogP contribution in [0.15, 0.2) is 42.5 Å². The number of halogens is 2. The summed E-state index contributed by atoms with van der Waals surface area (Å²) in [5.74, 6) is 0. The average molecular weight is 308 g/mol. The van der Waals surface area contributed by atoms with Crippen LogP contribution in [0.1, 0.15) is 24.0 Å². The maximum absolute atomic E-state index is 6.00. The molecule has 0 aromatic heterocycles. The van der Waals surface area contributed by atoms with Gasteiger partial charge in [0.05, 0.1) is 10.0 Å². The van der Waals surface area contributed by atoms with Crippen LogP contribution in [0.2, 0.25) is 10.0 Å². The zero-order valence-corrected chi connectivity index (χ0v) is 13.1. The zero-order chi connectivity index (χ0) is 14.4. The van der Waals surface area contributed by atoms with Gasteiger partial charge in [-0.15, -0.1) is 0 Å². The van der Waals surface area contributed by atoms with Crippen LogP contribution in [-0.4, -0.2) is 6.54 Å². The van der Waals surface area contributed by atoms with Crippen LogP contribution in [0, 0.1) is 6.92 Å². The summed E-state index contributed by atoms with van der Waals surface area (Å²) in [6.45, 7) is 3.09. The third-order valence-corrected chi connectivity index (χ3v) is 4.00. The van der Waals surface area contributed by atoms with Crippen molar-refractivity contribution in [3.05, 3.63) is 63.6 Å². The Balaban J connectivity index is 1.68. The molecule has 0 saturated carbocycles. The predicted octanol–water partition coefficient (Wildman–Crippen LogP) is 5.74. The molecule has 0 fully saturated rings. The van der Waals surface area contributed by atoms with E-state index in [4.69, 9.17) is 23.2 Å². The standard InChI is InChI=1S/C17H19Cl2N/c1-13-5-8-15(9-6-13)20-11-3-2-4-14-7-10-16(18)17(19)12-14/h5-10,12,20H,2-4,11H2,1H3. The van der Waals surface area contributed by atoms with Crippen LogP contribution < -0.4 is 5.32 Å². The molecule has 0 heterocycles. The van der Waals surface area contributed by atoms with Crippen LogP contribution in [0.3, 0.4) is 0 Å². The lowest BCUT2D eigenvalue weighted by Crippen LogP contribution is -2.01. The van der Waals surface area contributed by atoms with Crippen molar-refractivity contribution in [2.45, 2.75) is 26.2 Å². The minimum Gasteiger partial charge on any atom is -0.385 e. The van der Waals surface area contributed by atoms with Gasteiger partial charge < -0.3 is 5.32 Å². The largest absolute Gasteiger partial charge is 0.385 e. The third kappa shape index (κ3) is 4.73. The Labute approximate surface area is 130 Å². The SMILES string of the molecule is Cc1ccc(NCCCCc2ccc(Cl)c(Cl)c2)cc1. The van der Waals surface area contributed by atoms with Crippen LogP contribution in [-0.2, 0) is 6.42 Å². The van der Waals surface area contributed by atoms with Gasteiger partial charge in [-0.3, -0.25) is 0 Å². The van der Waals surface area contributed by atoms with Gasteiger partial charge in [0.1, 0.15) is 0 Å². The van der Waals surface area contributed by atoms with Crippen molar-refractivity contribution in [1.82, 2.24) is 0 Å². The topological polar surface area (TPSA) is 12.0 Å². The minimum atomic E-state index is 0.622. The smallest absolute Gasteiger partial charge is 0.0595 e. The molecular formula is C17H19Cl2N. The summed E-state index contributed by atoms with van der Waals surface area (Å²) in [7, 11) is 0. The van der Waals surface area contributed by atoms with Crippen LogP contribution >= 0.6 is 23.2 Å². The van der Waals surface area contributed by atoms with E-state index in [-0.39, 0.29) is 0 Å². The summed E-state index contributed by atoms with van der Waals surface area (Å²) < 4.78 is 0. The lowest BCUT2D eigenvalue weighted by molar-refractivity contribution is 0.763. The van der Waals surface area contributed by atoms with E-state index < -0.39 is 0 Å². The maximum atomic E-state index is 6.00. The molecule has 1 nitrogen and oxygen atoms in total. The number of unbranched alkanes of at least 4 members (excludes halogenated alkanes) is 1. The van der Waals surface area contributed by atoms with Crippen molar-refractivity contribution >= 4 is 28.9 Å². The normalized spacial score (nSPS) is 10.6. The average Bonchev–Trinajstić information content (AvgIpc) is 2.44. The Morgan fingerprint density at radius 3 is 2.35 bits per heavy atom. The van der Waals surface area contributed by atoms with E-state index in [2.05, 4.69) is 36.5 Å². The van der Waals surface area contributed by atoms with Crippen LogP contribution in [0.5, 0.6) is 0 Å². The fourth-order valence-electron chi connectivity index (χ4n) is 2.05. The number of anilines is 1. The van der Waals surface area contributed by atoms with Gasteiger partial charge in [-0.1, -0.05) is 47.0 Å². The number of hydrogen-bond acceptors (Lipinski definition) is 1.